The second-order valence-corrected chi connectivity index (χ2v) is 9.70. The number of benzene rings is 2. The van der Waals surface area contributed by atoms with Gasteiger partial charge in [0.1, 0.15) is 5.75 Å². The van der Waals surface area contributed by atoms with Gasteiger partial charge in [-0.15, -0.1) is 0 Å². The molecule has 0 atom stereocenters. The van der Waals surface area contributed by atoms with Gasteiger partial charge in [-0.2, -0.15) is 0 Å². The molecule has 1 saturated heterocycles. The highest BCUT2D eigenvalue weighted by molar-refractivity contribution is 7.22. The van der Waals surface area contributed by atoms with Crippen LogP contribution in [0, 0.1) is 5.92 Å². The van der Waals surface area contributed by atoms with Crippen molar-refractivity contribution in [1.29, 1.82) is 0 Å². The number of nitrogens with zero attached hydrogens (tertiary/aromatic N) is 2. The lowest BCUT2D eigenvalue weighted by Gasteiger charge is -2.30. The number of nitrogens with one attached hydrogen (secondary N) is 1. The Kier molecular flexibility index (Phi) is 7.43. The van der Waals surface area contributed by atoms with E-state index in [0.717, 1.165) is 28.4 Å². The molecule has 0 unspecified atom stereocenters. The number of halogens is 1. The lowest BCUT2D eigenvalue weighted by atomic mass is 9.99. The van der Waals surface area contributed by atoms with Gasteiger partial charge in [-0.3, -0.25) is 9.69 Å². The van der Waals surface area contributed by atoms with E-state index in [9.17, 15) is 4.79 Å². The highest BCUT2D eigenvalue weighted by atomic mass is 35.5. The second-order valence-electron chi connectivity index (χ2n) is 8.23. The number of likely N-dealkylation sites (tertiary alicyclic amines) is 1. The molecule has 1 aliphatic heterocycles. The molecule has 0 bridgehead atoms. The molecular formula is C24H28ClN3O2S. The minimum Gasteiger partial charge on any atom is -0.494 e. The average molecular weight is 458 g/mol. The summed E-state index contributed by atoms with van der Waals surface area (Å²) < 4.78 is 6.75. The summed E-state index contributed by atoms with van der Waals surface area (Å²) in [7, 11) is 0. The number of piperidine rings is 1. The normalized spacial score (nSPS) is 15.3. The van der Waals surface area contributed by atoms with Crippen molar-refractivity contribution in [2.75, 3.05) is 25.0 Å². The van der Waals surface area contributed by atoms with Crippen molar-refractivity contribution >= 4 is 44.2 Å². The average Bonchev–Trinajstić information content (AvgIpc) is 3.15. The summed E-state index contributed by atoms with van der Waals surface area (Å²) in [5, 5.41) is 4.26. The maximum Gasteiger partial charge on any atom is 0.226 e. The van der Waals surface area contributed by atoms with E-state index >= 15 is 0 Å². The molecule has 1 amide bonds. The number of hydrogen-bond donors (Lipinski definition) is 1. The van der Waals surface area contributed by atoms with Crippen molar-refractivity contribution in [1.82, 2.24) is 9.88 Å². The number of rotatable bonds is 8. The van der Waals surface area contributed by atoms with Crippen LogP contribution >= 0.6 is 22.9 Å². The zero-order valence-corrected chi connectivity index (χ0v) is 19.3. The number of aromatic nitrogens is 1. The zero-order valence-electron chi connectivity index (χ0n) is 17.8. The third-order valence-electron chi connectivity index (χ3n) is 5.61. The molecule has 0 aliphatic carbocycles. The van der Waals surface area contributed by atoms with Crippen LogP contribution < -0.4 is 10.1 Å². The molecule has 1 aromatic heterocycles. The zero-order chi connectivity index (χ0) is 21.6. The molecule has 4 rings (SSSR count). The molecule has 0 spiro atoms. The van der Waals surface area contributed by atoms with Crippen LogP contribution in [-0.2, 0) is 11.3 Å². The molecule has 164 valence electrons. The summed E-state index contributed by atoms with van der Waals surface area (Å²) in [4.78, 5) is 19.4. The fraction of sp³-hybridized carbons (Fsp3) is 0.417. The van der Waals surface area contributed by atoms with Crippen LogP contribution in [0.15, 0.2) is 42.5 Å². The number of hydrogen-bond acceptors (Lipinski definition) is 5. The van der Waals surface area contributed by atoms with Crippen molar-refractivity contribution in [2.45, 2.75) is 39.2 Å². The number of amides is 1. The van der Waals surface area contributed by atoms with E-state index in [-0.39, 0.29) is 5.91 Å². The van der Waals surface area contributed by atoms with Crippen LogP contribution in [0.5, 0.6) is 5.75 Å². The molecule has 0 radical (unpaired) electrons. The number of carbonyl (C=O) groups is 1. The first-order valence-corrected chi connectivity index (χ1v) is 12.0. The Morgan fingerprint density at radius 2 is 2.00 bits per heavy atom. The summed E-state index contributed by atoms with van der Waals surface area (Å²) in [5.41, 5.74) is 2.24. The largest absolute Gasteiger partial charge is 0.494 e. The Labute approximate surface area is 192 Å². The molecule has 31 heavy (non-hydrogen) atoms. The van der Waals surface area contributed by atoms with Crippen molar-refractivity contribution < 1.29 is 9.53 Å². The van der Waals surface area contributed by atoms with Gasteiger partial charge < -0.3 is 10.1 Å². The highest BCUT2D eigenvalue weighted by Crippen LogP contribution is 2.28. The van der Waals surface area contributed by atoms with E-state index in [1.54, 1.807) is 12.1 Å². The Morgan fingerprint density at radius 3 is 2.77 bits per heavy atom. The van der Waals surface area contributed by atoms with E-state index in [0.29, 0.717) is 29.6 Å². The summed E-state index contributed by atoms with van der Waals surface area (Å²) >= 11 is 7.40. The number of ether oxygens (including phenoxy) is 1. The van der Waals surface area contributed by atoms with E-state index in [1.807, 2.05) is 12.1 Å². The van der Waals surface area contributed by atoms with Crippen LogP contribution in [0.4, 0.5) is 5.13 Å². The number of fused-ring (bicyclic) bond motifs is 1. The monoisotopic (exact) mass is 457 g/mol. The minimum atomic E-state index is -0.0403. The van der Waals surface area contributed by atoms with Crippen molar-refractivity contribution in [3.63, 3.8) is 0 Å². The Balaban J connectivity index is 1.25. The molecule has 5 nitrogen and oxygen atoms in total. The van der Waals surface area contributed by atoms with Gasteiger partial charge in [-0.1, -0.05) is 35.9 Å². The van der Waals surface area contributed by atoms with Gasteiger partial charge in [-0.25, -0.2) is 4.98 Å². The van der Waals surface area contributed by atoms with Crippen molar-refractivity contribution in [3.8, 4) is 5.75 Å². The van der Waals surface area contributed by atoms with E-state index < -0.39 is 0 Å². The van der Waals surface area contributed by atoms with Gasteiger partial charge in [0.2, 0.25) is 5.91 Å². The predicted octanol–water partition coefficient (Wildman–Crippen LogP) is 5.98. The summed E-state index contributed by atoms with van der Waals surface area (Å²) in [6.07, 6.45) is 3.59. The number of anilines is 1. The standard InChI is InChI=1S/C24H28ClN3O2S/c1-17-10-12-28(13-11-17)16-18-4-9-21-22(15-18)31-24(26-21)27-23(29)3-2-14-30-20-7-5-19(25)6-8-20/h4-9,15,17H,2-3,10-14,16H2,1H3,(H,26,27,29). The van der Waals surface area contributed by atoms with Gasteiger partial charge in [0.15, 0.2) is 5.13 Å². The molecule has 1 fully saturated rings. The smallest absolute Gasteiger partial charge is 0.226 e. The molecular weight excluding hydrogens is 430 g/mol. The molecule has 0 saturated carbocycles. The SMILES string of the molecule is CC1CCN(Cc2ccc3nc(NC(=O)CCCOc4ccc(Cl)cc4)sc3c2)CC1. The first-order valence-electron chi connectivity index (χ1n) is 10.9. The molecule has 1 aliphatic rings. The van der Waals surface area contributed by atoms with E-state index in [2.05, 4.69) is 40.3 Å². The molecule has 2 aromatic carbocycles. The predicted molar refractivity (Wildman–Crippen MR) is 128 cm³/mol. The topological polar surface area (TPSA) is 54.5 Å². The molecule has 2 heterocycles. The first-order chi connectivity index (χ1) is 15.0. The van der Waals surface area contributed by atoms with Gasteiger partial charge in [0, 0.05) is 18.0 Å². The summed E-state index contributed by atoms with van der Waals surface area (Å²) in [6, 6.07) is 13.6. The van der Waals surface area contributed by atoms with Gasteiger partial charge in [0.25, 0.3) is 0 Å². The van der Waals surface area contributed by atoms with Gasteiger partial charge in [0.05, 0.1) is 16.8 Å². The number of thiazole rings is 1. The fourth-order valence-electron chi connectivity index (χ4n) is 3.73. The third-order valence-corrected chi connectivity index (χ3v) is 6.80. The van der Waals surface area contributed by atoms with Gasteiger partial charge in [-0.05, 0) is 80.2 Å². The third kappa shape index (κ3) is 6.42. The summed E-state index contributed by atoms with van der Waals surface area (Å²) in [6.45, 7) is 6.14. The van der Waals surface area contributed by atoms with Crippen LogP contribution in [0.3, 0.4) is 0 Å². The van der Waals surface area contributed by atoms with Crippen molar-refractivity contribution in [3.05, 3.63) is 53.1 Å². The summed E-state index contributed by atoms with van der Waals surface area (Å²) in [5.74, 6) is 1.56. The Morgan fingerprint density at radius 1 is 1.23 bits per heavy atom. The maximum atomic E-state index is 12.3. The van der Waals surface area contributed by atoms with Gasteiger partial charge >= 0.3 is 0 Å². The van der Waals surface area contributed by atoms with Crippen LogP contribution in [0.1, 0.15) is 38.2 Å². The number of carbonyl (C=O) groups excluding carboxylic acids is 1. The van der Waals surface area contributed by atoms with Crippen LogP contribution in [0.25, 0.3) is 10.2 Å². The first kappa shape index (κ1) is 22.1. The molecule has 1 N–H and O–H groups in total. The molecule has 3 aromatic rings. The lowest BCUT2D eigenvalue weighted by Crippen LogP contribution is -2.32. The highest BCUT2D eigenvalue weighted by Gasteiger charge is 2.16. The maximum absolute atomic E-state index is 12.3. The van der Waals surface area contributed by atoms with Crippen LogP contribution in [0.2, 0.25) is 5.02 Å². The van der Waals surface area contributed by atoms with Crippen LogP contribution in [-0.4, -0.2) is 35.5 Å². The Bertz CT molecular complexity index is 1010. The van der Waals surface area contributed by atoms with Crippen molar-refractivity contribution in [2.24, 2.45) is 5.92 Å². The molecule has 7 heteroatoms. The lowest BCUT2D eigenvalue weighted by molar-refractivity contribution is -0.116. The van der Waals surface area contributed by atoms with E-state index in [4.69, 9.17) is 16.3 Å². The Hall–Kier alpha value is -2.15. The quantitative estimate of drug-likeness (QED) is 0.423. The fourth-order valence-corrected chi connectivity index (χ4v) is 4.81. The van der Waals surface area contributed by atoms with E-state index in [1.165, 1.54) is 42.8 Å². The second kappa shape index (κ2) is 10.4. The minimum absolute atomic E-state index is 0.0403.